The molecule has 1 atom stereocenters. The zero-order chi connectivity index (χ0) is 10.8. The van der Waals surface area contributed by atoms with Crippen molar-refractivity contribution >= 4 is 5.91 Å². The first-order valence-corrected chi connectivity index (χ1v) is 5.10. The minimum atomic E-state index is -0.618. The molecular weight excluding hydrogens is 182 g/mol. The summed E-state index contributed by atoms with van der Waals surface area (Å²) in [6, 6.07) is 0. The molecule has 4 heteroatoms. The molecule has 1 rings (SSSR count). The smallest absolute Gasteiger partial charge is 0.254 e. The zero-order valence-electron chi connectivity index (χ0n) is 9.37. The molecule has 0 spiro atoms. The van der Waals surface area contributed by atoms with Gasteiger partial charge in [-0.15, -0.1) is 0 Å². The molecule has 4 nitrogen and oxygen atoms in total. The maximum absolute atomic E-state index is 11.8. The molecule has 1 saturated heterocycles. The van der Waals surface area contributed by atoms with Gasteiger partial charge in [0, 0.05) is 13.1 Å². The lowest BCUT2D eigenvalue weighted by molar-refractivity contribution is -0.159. The van der Waals surface area contributed by atoms with Gasteiger partial charge in [-0.25, -0.2) is 0 Å². The molecule has 14 heavy (non-hydrogen) atoms. The van der Waals surface area contributed by atoms with Crippen LogP contribution in [0.2, 0.25) is 0 Å². The molecule has 0 saturated carbocycles. The van der Waals surface area contributed by atoms with Crippen LogP contribution in [0.5, 0.6) is 0 Å². The van der Waals surface area contributed by atoms with Crippen LogP contribution < -0.4 is 0 Å². The molecule has 1 amide bonds. The summed E-state index contributed by atoms with van der Waals surface area (Å²) < 4.78 is 10.8. The van der Waals surface area contributed by atoms with Crippen molar-refractivity contribution in [3.05, 3.63) is 0 Å². The van der Waals surface area contributed by atoms with Crippen LogP contribution in [0, 0.1) is 0 Å². The average molecular weight is 201 g/mol. The zero-order valence-corrected chi connectivity index (χ0v) is 9.37. The van der Waals surface area contributed by atoms with Gasteiger partial charge in [-0.05, 0) is 27.7 Å². The number of amides is 1. The Labute approximate surface area is 85.2 Å². The van der Waals surface area contributed by atoms with Crippen LogP contribution in [0.4, 0.5) is 0 Å². The van der Waals surface area contributed by atoms with E-state index in [2.05, 4.69) is 0 Å². The maximum Gasteiger partial charge on any atom is 0.254 e. The van der Waals surface area contributed by atoms with Crippen molar-refractivity contribution in [2.24, 2.45) is 0 Å². The topological polar surface area (TPSA) is 38.8 Å². The Morgan fingerprint density at radius 2 is 2.00 bits per heavy atom. The lowest BCUT2D eigenvalue weighted by atomic mass is 10.3. The molecule has 0 radical (unpaired) electrons. The first kappa shape index (κ1) is 11.5. The first-order valence-electron chi connectivity index (χ1n) is 5.10. The number of hydrogen-bond donors (Lipinski definition) is 0. The Kier molecular flexibility index (Phi) is 3.50. The van der Waals surface area contributed by atoms with Gasteiger partial charge in [0.25, 0.3) is 5.91 Å². The number of nitrogens with zero attached hydrogens (tertiary/aromatic N) is 1. The molecule has 1 fully saturated rings. The van der Waals surface area contributed by atoms with Gasteiger partial charge < -0.3 is 14.4 Å². The third kappa shape index (κ3) is 2.45. The normalized spacial score (nSPS) is 25.0. The van der Waals surface area contributed by atoms with Gasteiger partial charge in [-0.2, -0.15) is 0 Å². The van der Waals surface area contributed by atoms with Crippen molar-refractivity contribution in [2.75, 3.05) is 19.7 Å². The Bertz CT molecular complexity index is 211. The highest BCUT2D eigenvalue weighted by molar-refractivity contribution is 5.81. The highest BCUT2D eigenvalue weighted by Crippen LogP contribution is 2.23. The van der Waals surface area contributed by atoms with Gasteiger partial charge >= 0.3 is 0 Å². The highest BCUT2D eigenvalue weighted by atomic mass is 16.7. The number of carbonyl (C=O) groups excluding carboxylic acids is 1. The number of hydrogen-bond acceptors (Lipinski definition) is 3. The first-order chi connectivity index (χ1) is 6.50. The summed E-state index contributed by atoms with van der Waals surface area (Å²) in [5.41, 5.74) is 0. The van der Waals surface area contributed by atoms with E-state index in [0.717, 1.165) is 13.1 Å². The Morgan fingerprint density at radius 1 is 1.43 bits per heavy atom. The number of ether oxygens (including phenoxy) is 2. The predicted molar refractivity (Wildman–Crippen MR) is 52.8 cm³/mol. The Morgan fingerprint density at radius 3 is 2.36 bits per heavy atom. The van der Waals surface area contributed by atoms with E-state index in [4.69, 9.17) is 9.47 Å². The predicted octanol–water partition coefficient (Wildman–Crippen LogP) is 1.01. The van der Waals surface area contributed by atoms with Crippen LogP contribution in [0.3, 0.4) is 0 Å². The second-order valence-electron chi connectivity index (χ2n) is 3.83. The van der Waals surface area contributed by atoms with Gasteiger partial charge in [-0.1, -0.05) is 0 Å². The van der Waals surface area contributed by atoms with Gasteiger partial charge in [0.2, 0.25) is 0 Å². The molecule has 0 aromatic rings. The van der Waals surface area contributed by atoms with E-state index >= 15 is 0 Å². The fraction of sp³-hybridized carbons (Fsp3) is 0.900. The molecular formula is C10H19NO3. The van der Waals surface area contributed by atoms with E-state index in [-0.39, 0.29) is 5.91 Å². The molecule has 0 aromatic heterocycles. The summed E-state index contributed by atoms with van der Waals surface area (Å²) in [5.74, 6) is -0.589. The summed E-state index contributed by atoms with van der Waals surface area (Å²) in [7, 11) is 0. The number of likely N-dealkylation sites (N-methyl/N-ethyl adjacent to an activating group) is 1. The van der Waals surface area contributed by atoms with Crippen molar-refractivity contribution in [3.63, 3.8) is 0 Å². The van der Waals surface area contributed by atoms with Crippen molar-refractivity contribution in [2.45, 2.75) is 39.6 Å². The minimum absolute atomic E-state index is 0.0283. The van der Waals surface area contributed by atoms with Crippen LogP contribution in [-0.2, 0) is 14.3 Å². The SMILES string of the molecule is CCN(CC)C(=O)C1COC(C)(C)O1. The fourth-order valence-corrected chi connectivity index (χ4v) is 1.55. The summed E-state index contributed by atoms with van der Waals surface area (Å²) in [6.45, 7) is 9.36. The van der Waals surface area contributed by atoms with E-state index in [0.29, 0.717) is 6.61 Å². The van der Waals surface area contributed by atoms with Crippen LogP contribution in [0.15, 0.2) is 0 Å². The molecule has 1 aliphatic rings. The standard InChI is InChI=1S/C10H19NO3/c1-5-11(6-2)9(12)8-7-13-10(3,4)14-8/h8H,5-7H2,1-4H3. The van der Waals surface area contributed by atoms with Crippen molar-refractivity contribution in [3.8, 4) is 0 Å². The van der Waals surface area contributed by atoms with Gasteiger partial charge in [0.15, 0.2) is 11.9 Å². The monoisotopic (exact) mass is 201 g/mol. The molecule has 0 aliphatic carbocycles. The second kappa shape index (κ2) is 4.28. The Balaban J connectivity index is 2.54. The molecule has 0 N–H and O–H groups in total. The fourth-order valence-electron chi connectivity index (χ4n) is 1.55. The van der Waals surface area contributed by atoms with Gasteiger partial charge in [-0.3, -0.25) is 4.79 Å². The third-order valence-corrected chi connectivity index (χ3v) is 2.36. The van der Waals surface area contributed by atoms with E-state index in [1.165, 1.54) is 0 Å². The summed E-state index contributed by atoms with van der Waals surface area (Å²) in [4.78, 5) is 13.6. The van der Waals surface area contributed by atoms with Crippen LogP contribution >= 0.6 is 0 Å². The number of carbonyl (C=O) groups is 1. The lowest BCUT2D eigenvalue weighted by Crippen LogP contribution is -2.40. The highest BCUT2D eigenvalue weighted by Gasteiger charge is 2.38. The molecule has 0 bridgehead atoms. The minimum Gasteiger partial charge on any atom is -0.347 e. The summed E-state index contributed by atoms with van der Waals surface area (Å²) >= 11 is 0. The van der Waals surface area contributed by atoms with Gasteiger partial charge in [0.1, 0.15) is 0 Å². The summed E-state index contributed by atoms with van der Waals surface area (Å²) in [5, 5.41) is 0. The third-order valence-electron chi connectivity index (χ3n) is 2.36. The van der Waals surface area contributed by atoms with Crippen LogP contribution in [-0.4, -0.2) is 42.4 Å². The van der Waals surface area contributed by atoms with E-state index in [9.17, 15) is 4.79 Å². The van der Waals surface area contributed by atoms with Crippen molar-refractivity contribution in [1.29, 1.82) is 0 Å². The van der Waals surface area contributed by atoms with Crippen LogP contribution in [0.25, 0.3) is 0 Å². The lowest BCUT2D eigenvalue weighted by Gasteiger charge is -2.22. The van der Waals surface area contributed by atoms with Crippen molar-refractivity contribution < 1.29 is 14.3 Å². The van der Waals surface area contributed by atoms with Crippen molar-refractivity contribution in [1.82, 2.24) is 4.90 Å². The van der Waals surface area contributed by atoms with Crippen LogP contribution in [0.1, 0.15) is 27.7 Å². The Hall–Kier alpha value is -0.610. The molecule has 0 aromatic carbocycles. The number of rotatable bonds is 3. The molecule has 1 aliphatic heterocycles. The summed E-state index contributed by atoms with van der Waals surface area (Å²) in [6.07, 6.45) is -0.426. The van der Waals surface area contributed by atoms with E-state index < -0.39 is 11.9 Å². The quantitative estimate of drug-likeness (QED) is 0.684. The largest absolute Gasteiger partial charge is 0.347 e. The van der Waals surface area contributed by atoms with E-state index in [1.807, 2.05) is 27.7 Å². The molecule has 82 valence electrons. The molecule has 1 heterocycles. The second-order valence-corrected chi connectivity index (χ2v) is 3.83. The van der Waals surface area contributed by atoms with E-state index in [1.54, 1.807) is 4.90 Å². The molecule has 1 unspecified atom stereocenters. The average Bonchev–Trinajstić information content (AvgIpc) is 2.48. The van der Waals surface area contributed by atoms with Gasteiger partial charge in [0.05, 0.1) is 6.61 Å². The maximum atomic E-state index is 11.8.